The SMILES string of the molecule is N#Cc1cc(F)c(F)cc1-c1ccccc1OC(F)(F)F. The zero-order valence-electron chi connectivity index (χ0n) is 10.2. The second-order valence-corrected chi connectivity index (χ2v) is 3.97. The maximum Gasteiger partial charge on any atom is 0.573 e. The van der Waals surface area contributed by atoms with Gasteiger partial charge in [-0.3, -0.25) is 0 Å². The maximum absolute atomic E-state index is 13.3. The van der Waals surface area contributed by atoms with Crippen molar-refractivity contribution in [1.82, 2.24) is 0 Å². The van der Waals surface area contributed by atoms with Gasteiger partial charge < -0.3 is 4.74 Å². The highest BCUT2D eigenvalue weighted by atomic mass is 19.4. The number of benzene rings is 2. The van der Waals surface area contributed by atoms with E-state index >= 15 is 0 Å². The molecule has 0 aliphatic heterocycles. The van der Waals surface area contributed by atoms with Gasteiger partial charge in [0.2, 0.25) is 0 Å². The summed E-state index contributed by atoms with van der Waals surface area (Å²) in [5.74, 6) is -3.14. The number of ether oxygens (including phenoxy) is 1. The lowest BCUT2D eigenvalue weighted by Gasteiger charge is -2.14. The van der Waals surface area contributed by atoms with Crippen molar-refractivity contribution >= 4 is 0 Å². The van der Waals surface area contributed by atoms with Gasteiger partial charge in [0.05, 0.1) is 11.6 Å². The zero-order chi connectivity index (χ0) is 15.6. The van der Waals surface area contributed by atoms with E-state index in [1.807, 2.05) is 0 Å². The number of alkyl halides is 3. The van der Waals surface area contributed by atoms with Crippen LogP contribution in [0, 0.1) is 23.0 Å². The quantitative estimate of drug-likeness (QED) is 0.770. The molecule has 0 atom stereocenters. The molecule has 0 aliphatic rings. The number of para-hydroxylation sites is 1. The molecule has 21 heavy (non-hydrogen) atoms. The first-order valence-electron chi connectivity index (χ1n) is 5.56. The van der Waals surface area contributed by atoms with E-state index in [9.17, 15) is 22.0 Å². The summed E-state index contributed by atoms with van der Waals surface area (Å²) in [6, 6.07) is 7.80. The number of hydrogen-bond donors (Lipinski definition) is 0. The standard InChI is InChI=1S/C14H6F5NO/c15-11-5-8(7-20)10(6-12(11)16)9-3-1-2-4-13(9)21-14(17,18)19/h1-6H. The molecule has 108 valence electrons. The molecule has 0 unspecified atom stereocenters. The molecule has 7 heteroatoms. The monoisotopic (exact) mass is 299 g/mol. The Morgan fingerprint density at radius 1 is 0.952 bits per heavy atom. The summed E-state index contributed by atoms with van der Waals surface area (Å²) in [6.45, 7) is 0. The van der Waals surface area contributed by atoms with E-state index in [2.05, 4.69) is 4.74 Å². The van der Waals surface area contributed by atoms with Gasteiger partial charge in [-0.15, -0.1) is 13.2 Å². The molecule has 0 aromatic heterocycles. The average molecular weight is 299 g/mol. The molecule has 0 radical (unpaired) electrons. The topological polar surface area (TPSA) is 33.0 Å². The Labute approximate surface area is 116 Å². The molecule has 0 saturated carbocycles. The van der Waals surface area contributed by atoms with Crippen LogP contribution in [-0.4, -0.2) is 6.36 Å². The molecule has 2 nitrogen and oxygen atoms in total. The predicted molar refractivity (Wildman–Crippen MR) is 63.2 cm³/mol. The second kappa shape index (κ2) is 5.40. The fourth-order valence-corrected chi connectivity index (χ4v) is 1.77. The van der Waals surface area contributed by atoms with Gasteiger partial charge in [-0.2, -0.15) is 5.26 Å². The van der Waals surface area contributed by atoms with Gasteiger partial charge in [-0.1, -0.05) is 18.2 Å². The molecule has 2 aromatic carbocycles. The minimum atomic E-state index is -4.94. The Morgan fingerprint density at radius 2 is 1.57 bits per heavy atom. The fraction of sp³-hybridized carbons (Fsp3) is 0.0714. The van der Waals surface area contributed by atoms with Gasteiger partial charge in [0.15, 0.2) is 11.6 Å². The van der Waals surface area contributed by atoms with Crippen molar-refractivity contribution in [2.24, 2.45) is 0 Å². The first kappa shape index (κ1) is 14.8. The van der Waals surface area contributed by atoms with Gasteiger partial charge in [-0.05, 0) is 18.2 Å². The molecule has 2 aromatic rings. The van der Waals surface area contributed by atoms with Crippen LogP contribution in [0.15, 0.2) is 36.4 Å². The third kappa shape index (κ3) is 3.28. The summed E-state index contributed by atoms with van der Waals surface area (Å²) < 4.78 is 67.3. The van der Waals surface area contributed by atoms with Gasteiger partial charge in [0.25, 0.3) is 0 Å². The van der Waals surface area contributed by atoms with E-state index in [4.69, 9.17) is 5.26 Å². The lowest BCUT2D eigenvalue weighted by Crippen LogP contribution is -2.17. The summed E-state index contributed by atoms with van der Waals surface area (Å²) in [5.41, 5.74) is -0.645. The summed E-state index contributed by atoms with van der Waals surface area (Å²) >= 11 is 0. The highest BCUT2D eigenvalue weighted by Gasteiger charge is 2.32. The normalized spacial score (nSPS) is 11.0. The zero-order valence-corrected chi connectivity index (χ0v) is 10.2. The van der Waals surface area contributed by atoms with Crippen LogP contribution in [0.5, 0.6) is 5.75 Å². The van der Waals surface area contributed by atoms with Gasteiger partial charge >= 0.3 is 6.36 Å². The van der Waals surface area contributed by atoms with Crippen LogP contribution in [0.4, 0.5) is 22.0 Å². The van der Waals surface area contributed by atoms with E-state index in [0.717, 1.165) is 6.07 Å². The Morgan fingerprint density at radius 3 is 2.19 bits per heavy atom. The van der Waals surface area contributed by atoms with Gasteiger partial charge in [0, 0.05) is 11.1 Å². The first-order valence-corrected chi connectivity index (χ1v) is 5.56. The van der Waals surface area contributed by atoms with Crippen LogP contribution >= 0.6 is 0 Å². The molecule has 0 N–H and O–H groups in total. The van der Waals surface area contributed by atoms with Crippen LogP contribution in [-0.2, 0) is 0 Å². The van der Waals surface area contributed by atoms with Crippen molar-refractivity contribution in [3.05, 3.63) is 53.6 Å². The van der Waals surface area contributed by atoms with Crippen LogP contribution in [0.1, 0.15) is 5.56 Å². The third-order valence-electron chi connectivity index (χ3n) is 2.58. The van der Waals surface area contributed by atoms with E-state index in [1.165, 1.54) is 18.2 Å². The largest absolute Gasteiger partial charge is 0.573 e. The molecule has 0 bridgehead atoms. The minimum Gasteiger partial charge on any atom is -0.405 e. The fourth-order valence-electron chi connectivity index (χ4n) is 1.77. The third-order valence-corrected chi connectivity index (χ3v) is 2.58. The molecule has 2 rings (SSSR count). The number of nitrogens with zero attached hydrogens (tertiary/aromatic N) is 1. The highest BCUT2D eigenvalue weighted by molar-refractivity contribution is 5.75. The van der Waals surface area contributed by atoms with Crippen molar-refractivity contribution in [3.63, 3.8) is 0 Å². The molecular weight excluding hydrogens is 293 g/mol. The van der Waals surface area contributed by atoms with Crippen LogP contribution in [0.2, 0.25) is 0 Å². The summed E-state index contributed by atoms with van der Waals surface area (Å²) in [6.07, 6.45) is -4.94. The predicted octanol–water partition coefficient (Wildman–Crippen LogP) is 4.40. The maximum atomic E-state index is 13.3. The lowest BCUT2D eigenvalue weighted by molar-refractivity contribution is -0.274. The molecule has 0 fully saturated rings. The van der Waals surface area contributed by atoms with E-state index in [0.29, 0.717) is 12.1 Å². The lowest BCUT2D eigenvalue weighted by atomic mass is 9.99. The van der Waals surface area contributed by atoms with Crippen LogP contribution < -0.4 is 4.74 Å². The Kier molecular flexibility index (Phi) is 3.80. The number of halogens is 5. The minimum absolute atomic E-state index is 0.162. The molecule has 0 amide bonds. The molecule has 0 spiro atoms. The number of rotatable bonds is 2. The van der Waals surface area contributed by atoms with Crippen molar-refractivity contribution in [2.45, 2.75) is 6.36 Å². The summed E-state index contributed by atoms with van der Waals surface area (Å²) in [4.78, 5) is 0. The Balaban J connectivity index is 2.63. The van der Waals surface area contributed by atoms with Gasteiger partial charge in [0.1, 0.15) is 5.75 Å². The summed E-state index contributed by atoms with van der Waals surface area (Å²) in [5, 5.41) is 8.92. The highest BCUT2D eigenvalue weighted by Crippen LogP contribution is 2.36. The molecular formula is C14H6F5NO. The number of nitriles is 1. The van der Waals surface area contributed by atoms with Crippen LogP contribution in [0.25, 0.3) is 11.1 Å². The molecule has 0 heterocycles. The average Bonchev–Trinajstić information content (AvgIpc) is 2.40. The van der Waals surface area contributed by atoms with Gasteiger partial charge in [-0.25, -0.2) is 8.78 Å². The number of hydrogen-bond acceptors (Lipinski definition) is 2. The van der Waals surface area contributed by atoms with Crippen LogP contribution in [0.3, 0.4) is 0 Å². The second-order valence-electron chi connectivity index (χ2n) is 3.97. The Bertz CT molecular complexity index is 718. The molecule has 0 saturated heterocycles. The smallest absolute Gasteiger partial charge is 0.405 e. The molecule has 0 aliphatic carbocycles. The van der Waals surface area contributed by atoms with E-state index < -0.39 is 23.7 Å². The first-order chi connectivity index (χ1) is 9.81. The van der Waals surface area contributed by atoms with E-state index in [-0.39, 0.29) is 16.7 Å². The summed E-state index contributed by atoms with van der Waals surface area (Å²) in [7, 11) is 0. The van der Waals surface area contributed by atoms with E-state index in [1.54, 1.807) is 6.07 Å². The Hall–Kier alpha value is -2.62. The van der Waals surface area contributed by atoms with Crippen molar-refractivity contribution < 1.29 is 26.7 Å². The van der Waals surface area contributed by atoms with Crippen molar-refractivity contribution in [2.75, 3.05) is 0 Å². The van der Waals surface area contributed by atoms with Crippen molar-refractivity contribution in [1.29, 1.82) is 5.26 Å². The van der Waals surface area contributed by atoms with Crippen molar-refractivity contribution in [3.8, 4) is 22.9 Å².